The highest BCUT2D eigenvalue weighted by Gasteiger charge is 2.17. The molecule has 0 saturated carbocycles. The van der Waals surface area contributed by atoms with Crippen LogP contribution in [0.15, 0.2) is 48.5 Å². The molecule has 0 spiro atoms. The van der Waals surface area contributed by atoms with Gasteiger partial charge in [0.2, 0.25) is 0 Å². The van der Waals surface area contributed by atoms with Crippen molar-refractivity contribution in [1.82, 2.24) is 5.32 Å². The summed E-state index contributed by atoms with van der Waals surface area (Å²) < 4.78 is 19.0. The second-order valence-corrected chi connectivity index (χ2v) is 5.02. The van der Waals surface area contributed by atoms with Gasteiger partial charge in [0.05, 0.1) is 6.10 Å². The van der Waals surface area contributed by atoms with Crippen LogP contribution < -0.4 is 10.1 Å². The fourth-order valence-corrected chi connectivity index (χ4v) is 2.08. The van der Waals surface area contributed by atoms with E-state index in [1.54, 1.807) is 49.5 Å². The Kier molecular flexibility index (Phi) is 5.89. The molecule has 0 aliphatic rings. The van der Waals surface area contributed by atoms with Gasteiger partial charge in [-0.1, -0.05) is 30.3 Å². The van der Waals surface area contributed by atoms with Crippen molar-refractivity contribution >= 4 is 0 Å². The first kappa shape index (κ1) is 16.4. The summed E-state index contributed by atoms with van der Waals surface area (Å²) in [6.07, 6.45) is -1.84. The van der Waals surface area contributed by atoms with E-state index in [2.05, 4.69) is 5.32 Å². The van der Waals surface area contributed by atoms with Crippen LogP contribution in [0.25, 0.3) is 0 Å². The lowest BCUT2D eigenvalue weighted by atomic mass is 10.0. The van der Waals surface area contributed by atoms with Gasteiger partial charge in [-0.3, -0.25) is 0 Å². The van der Waals surface area contributed by atoms with Crippen molar-refractivity contribution < 1.29 is 19.3 Å². The maximum Gasteiger partial charge on any atom is 0.129 e. The molecule has 0 amide bonds. The van der Waals surface area contributed by atoms with E-state index < -0.39 is 12.2 Å². The molecule has 2 rings (SSSR count). The van der Waals surface area contributed by atoms with Crippen LogP contribution in [0, 0.1) is 5.82 Å². The van der Waals surface area contributed by atoms with Crippen molar-refractivity contribution in [1.29, 1.82) is 0 Å². The number of rotatable bonds is 7. The van der Waals surface area contributed by atoms with Gasteiger partial charge in [0.1, 0.15) is 24.3 Å². The number of hydrogen-bond donors (Lipinski definition) is 3. The SMILES string of the molecule is CNCC(O)C(O)c1ccc(OCc2ccccc2F)cc1. The largest absolute Gasteiger partial charge is 0.489 e. The lowest BCUT2D eigenvalue weighted by molar-refractivity contribution is 0.0202. The van der Waals surface area contributed by atoms with Crippen LogP contribution in [0.5, 0.6) is 5.75 Å². The summed E-state index contributed by atoms with van der Waals surface area (Å²) in [5.41, 5.74) is 1.08. The zero-order chi connectivity index (χ0) is 15.9. The van der Waals surface area contributed by atoms with Gasteiger partial charge >= 0.3 is 0 Å². The molecule has 0 aromatic heterocycles. The summed E-state index contributed by atoms with van der Waals surface area (Å²) in [4.78, 5) is 0. The van der Waals surface area contributed by atoms with E-state index in [-0.39, 0.29) is 12.4 Å². The number of halogens is 1. The molecule has 0 saturated heterocycles. The minimum atomic E-state index is -0.965. The van der Waals surface area contributed by atoms with Crippen molar-refractivity contribution in [2.24, 2.45) is 0 Å². The number of hydrogen-bond acceptors (Lipinski definition) is 4. The first-order valence-electron chi connectivity index (χ1n) is 7.08. The Morgan fingerprint density at radius 1 is 1.09 bits per heavy atom. The second kappa shape index (κ2) is 7.89. The van der Waals surface area contributed by atoms with E-state index in [9.17, 15) is 14.6 Å². The van der Waals surface area contributed by atoms with E-state index in [0.29, 0.717) is 23.4 Å². The number of nitrogens with one attached hydrogen (secondary N) is 1. The minimum Gasteiger partial charge on any atom is -0.489 e. The number of likely N-dealkylation sites (N-methyl/N-ethyl adjacent to an activating group) is 1. The zero-order valence-corrected chi connectivity index (χ0v) is 12.4. The molecule has 4 nitrogen and oxygen atoms in total. The Morgan fingerprint density at radius 2 is 1.77 bits per heavy atom. The van der Waals surface area contributed by atoms with Gasteiger partial charge < -0.3 is 20.3 Å². The van der Waals surface area contributed by atoms with Crippen LogP contribution in [-0.4, -0.2) is 29.9 Å². The molecule has 0 radical (unpaired) electrons. The van der Waals surface area contributed by atoms with Gasteiger partial charge in [-0.05, 0) is 30.8 Å². The molecule has 3 N–H and O–H groups in total. The molecular weight excluding hydrogens is 285 g/mol. The third-order valence-electron chi connectivity index (χ3n) is 3.35. The Hall–Kier alpha value is -1.95. The van der Waals surface area contributed by atoms with Crippen LogP contribution in [0.1, 0.15) is 17.2 Å². The monoisotopic (exact) mass is 305 g/mol. The molecule has 2 aromatic carbocycles. The highest BCUT2D eigenvalue weighted by molar-refractivity contribution is 5.29. The lowest BCUT2D eigenvalue weighted by Gasteiger charge is -2.18. The van der Waals surface area contributed by atoms with E-state index in [4.69, 9.17) is 4.74 Å². The van der Waals surface area contributed by atoms with Crippen LogP contribution in [0.4, 0.5) is 4.39 Å². The number of aliphatic hydroxyl groups is 2. The van der Waals surface area contributed by atoms with Gasteiger partial charge in [-0.15, -0.1) is 0 Å². The predicted octanol–water partition coefficient (Wildman–Crippen LogP) is 2.02. The maximum atomic E-state index is 13.5. The average molecular weight is 305 g/mol. The second-order valence-electron chi connectivity index (χ2n) is 5.02. The van der Waals surface area contributed by atoms with Crippen molar-refractivity contribution in [3.05, 3.63) is 65.5 Å². The minimum absolute atomic E-state index is 0.136. The van der Waals surface area contributed by atoms with Crippen molar-refractivity contribution in [2.45, 2.75) is 18.8 Å². The Balaban J connectivity index is 1.96. The topological polar surface area (TPSA) is 61.7 Å². The quantitative estimate of drug-likeness (QED) is 0.732. The van der Waals surface area contributed by atoms with Crippen molar-refractivity contribution in [3.8, 4) is 5.75 Å². The molecular formula is C17H20FNO3. The van der Waals surface area contributed by atoms with Gasteiger partial charge in [0.15, 0.2) is 0 Å². The fourth-order valence-electron chi connectivity index (χ4n) is 2.08. The first-order chi connectivity index (χ1) is 10.6. The first-order valence-corrected chi connectivity index (χ1v) is 7.08. The molecule has 0 aliphatic carbocycles. The Labute approximate surface area is 129 Å². The van der Waals surface area contributed by atoms with E-state index >= 15 is 0 Å². The van der Waals surface area contributed by atoms with Gasteiger partial charge in [0.25, 0.3) is 0 Å². The number of benzene rings is 2. The van der Waals surface area contributed by atoms with Crippen LogP contribution in [0.2, 0.25) is 0 Å². The third-order valence-corrected chi connectivity index (χ3v) is 3.35. The molecule has 118 valence electrons. The fraction of sp³-hybridized carbons (Fsp3) is 0.294. The molecule has 0 heterocycles. The smallest absolute Gasteiger partial charge is 0.129 e. The highest BCUT2D eigenvalue weighted by atomic mass is 19.1. The summed E-state index contributed by atoms with van der Waals surface area (Å²) in [6, 6.07) is 13.2. The summed E-state index contributed by atoms with van der Waals surface area (Å²) in [5.74, 6) is 0.270. The molecule has 0 bridgehead atoms. The molecule has 2 aromatic rings. The zero-order valence-electron chi connectivity index (χ0n) is 12.4. The van der Waals surface area contributed by atoms with Gasteiger partial charge in [-0.25, -0.2) is 4.39 Å². The van der Waals surface area contributed by atoms with E-state index in [1.165, 1.54) is 6.07 Å². The van der Waals surface area contributed by atoms with Crippen LogP contribution in [-0.2, 0) is 6.61 Å². The summed E-state index contributed by atoms with van der Waals surface area (Å²) >= 11 is 0. The summed E-state index contributed by atoms with van der Waals surface area (Å²) in [7, 11) is 1.70. The molecule has 2 unspecified atom stereocenters. The molecule has 22 heavy (non-hydrogen) atoms. The van der Waals surface area contributed by atoms with Gasteiger partial charge in [-0.2, -0.15) is 0 Å². The number of aliphatic hydroxyl groups excluding tert-OH is 2. The number of ether oxygens (including phenoxy) is 1. The third kappa shape index (κ3) is 4.27. The van der Waals surface area contributed by atoms with Crippen molar-refractivity contribution in [3.63, 3.8) is 0 Å². The van der Waals surface area contributed by atoms with Crippen LogP contribution in [0.3, 0.4) is 0 Å². The van der Waals surface area contributed by atoms with Crippen LogP contribution >= 0.6 is 0 Å². The van der Waals surface area contributed by atoms with Gasteiger partial charge in [0, 0.05) is 12.1 Å². The van der Waals surface area contributed by atoms with E-state index in [1.807, 2.05) is 0 Å². The molecule has 0 aliphatic heterocycles. The summed E-state index contributed by atoms with van der Waals surface area (Å²) in [6.45, 7) is 0.434. The Bertz CT molecular complexity index is 589. The predicted molar refractivity (Wildman–Crippen MR) is 82.1 cm³/mol. The van der Waals surface area contributed by atoms with Crippen molar-refractivity contribution in [2.75, 3.05) is 13.6 Å². The molecule has 2 atom stereocenters. The average Bonchev–Trinajstić information content (AvgIpc) is 2.54. The Morgan fingerprint density at radius 3 is 2.41 bits per heavy atom. The lowest BCUT2D eigenvalue weighted by Crippen LogP contribution is -2.29. The maximum absolute atomic E-state index is 13.5. The molecule has 0 fully saturated rings. The standard InChI is InChI=1S/C17H20FNO3/c1-19-10-16(20)17(21)12-6-8-14(9-7-12)22-11-13-4-2-3-5-15(13)18/h2-9,16-17,19-21H,10-11H2,1H3. The normalized spacial score (nSPS) is 13.6. The summed E-state index contributed by atoms with van der Waals surface area (Å²) in [5, 5.41) is 22.5. The van der Waals surface area contributed by atoms with E-state index in [0.717, 1.165) is 0 Å². The molecule has 5 heteroatoms. The highest BCUT2D eigenvalue weighted by Crippen LogP contribution is 2.21.